The molecule has 1 N–H and O–H groups in total. The zero-order valence-electron chi connectivity index (χ0n) is 9.79. The van der Waals surface area contributed by atoms with E-state index in [4.69, 9.17) is 0 Å². The number of aliphatic hydroxyl groups excluding tert-OH is 1. The van der Waals surface area contributed by atoms with Crippen molar-refractivity contribution in [2.24, 2.45) is 23.7 Å². The van der Waals surface area contributed by atoms with E-state index in [1.54, 1.807) is 0 Å². The molecule has 1 heteroatoms. The van der Waals surface area contributed by atoms with E-state index < -0.39 is 0 Å². The lowest BCUT2D eigenvalue weighted by molar-refractivity contribution is 0.104. The van der Waals surface area contributed by atoms with E-state index >= 15 is 0 Å². The van der Waals surface area contributed by atoms with Crippen LogP contribution in [0.5, 0.6) is 0 Å². The zero-order chi connectivity index (χ0) is 10.7. The average Bonchev–Trinajstić information content (AvgIpc) is 2.17. The van der Waals surface area contributed by atoms with Gasteiger partial charge in [-0.2, -0.15) is 0 Å². The van der Waals surface area contributed by atoms with Gasteiger partial charge in [0, 0.05) is 6.61 Å². The Labute approximate surface area is 88.2 Å². The highest BCUT2D eigenvalue weighted by molar-refractivity contribution is 4.99. The van der Waals surface area contributed by atoms with Crippen LogP contribution in [0.25, 0.3) is 0 Å². The van der Waals surface area contributed by atoms with Crippen LogP contribution in [0.1, 0.15) is 40.0 Å². The first kappa shape index (κ1) is 11.8. The molecular weight excluding hydrogens is 172 g/mol. The molecular formula is C13H24O. The Hall–Kier alpha value is -0.300. The third-order valence-electron chi connectivity index (χ3n) is 3.97. The van der Waals surface area contributed by atoms with Crippen LogP contribution in [-0.2, 0) is 0 Å². The second-order valence-electron chi connectivity index (χ2n) is 5.16. The Morgan fingerprint density at radius 3 is 2.64 bits per heavy atom. The van der Waals surface area contributed by atoms with Crippen LogP contribution in [0.3, 0.4) is 0 Å². The summed E-state index contributed by atoms with van der Waals surface area (Å²) in [5.41, 5.74) is 1.33. The first-order valence-electron chi connectivity index (χ1n) is 5.82. The molecule has 82 valence electrons. The summed E-state index contributed by atoms with van der Waals surface area (Å²) in [5.74, 6) is 2.61. The lowest BCUT2D eigenvalue weighted by Gasteiger charge is -2.37. The molecule has 1 saturated carbocycles. The van der Waals surface area contributed by atoms with E-state index in [9.17, 15) is 5.11 Å². The van der Waals surface area contributed by atoms with E-state index in [1.807, 2.05) is 0 Å². The van der Waals surface area contributed by atoms with Crippen molar-refractivity contribution < 1.29 is 5.11 Å². The summed E-state index contributed by atoms with van der Waals surface area (Å²) < 4.78 is 0. The summed E-state index contributed by atoms with van der Waals surface area (Å²) >= 11 is 0. The number of hydrogen-bond acceptors (Lipinski definition) is 1. The van der Waals surface area contributed by atoms with Gasteiger partial charge < -0.3 is 5.11 Å². The highest BCUT2D eigenvalue weighted by Gasteiger charge is 2.31. The molecule has 0 saturated heterocycles. The summed E-state index contributed by atoms with van der Waals surface area (Å²) in [6.07, 6.45) is 3.83. The Morgan fingerprint density at radius 1 is 1.50 bits per heavy atom. The minimum Gasteiger partial charge on any atom is -0.396 e. The van der Waals surface area contributed by atoms with E-state index in [1.165, 1.54) is 24.8 Å². The molecule has 0 aromatic heterocycles. The molecule has 0 aliphatic heterocycles. The fraction of sp³-hybridized carbons (Fsp3) is 0.846. The fourth-order valence-electron chi connectivity index (χ4n) is 2.73. The molecule has 0 aromatic carbocycles. The van der Waals surface area contributed by atoms with Crippen LogP contribution < -0.4 is 0 Å². The van der Waals surface area contributed by atoms with Gasteiger partial charge in [-0.3, -0.25) is 0 Å². The Bertz CT molecular complexity index is 193. The number of hydrogen-bond donors (Lipinski definition) is 1. The summed E-state index contributed by atoms with van der Waals surface area (Å²) in [5, 5.41) is 9.21. The first-order valence-corrected chi connectivity index (χ1v) is 5.82. The third-order valence-corrected chi connectivity index (χ3v) is 3.97. The van der Waals surface area contributed by atoms with Gasteiger partial charge in [0.25, 0.3) is 0 Å². The molecule has 1 aliphatic rings. The van der Waals surface area contributed by atoms with E-state index in [-0.39, 0.29) is 0 Å². The summed E-state index contributed by atoms with van der Waals surface area (Å²) in [7, 11) is 0. The van der Waals surface area contributed by atoms with Gasteiger partial charge in [-0.1, -0.05) is 26.0 Å². The average molecular weight is 196 g/mol. The van der Waals surface area contributed by atoms with Crippen molar-refractivity contribution in [3.63, 3.8) is 0 Å². The minimum atomic E-state index is 0.331. The minimum absolute atomic E-state index is 0.331. The van der Waals surface area contributed by atoms with E-state index in [0.29, 0.717) is 24.4 Å². The molecule has 0 amide bonds. The van der Waals surface area contributed by atoms with Crippen LogP contribution in [0.2, 0.25) is 0 Å². The lowest BCUT2D eigenvalue weighted by Crippen LogP contribution is -2.29. The molecule has 0 heterocycles. The van der Waals surface area contributed by atoms with Gasteiger partial charge in [0.2, 0.25) is 0 Å². The maximum absolute atomic E-state index is 9.21. The first-order chi connectivity index (χ1) is 6.56. The SMILES string of the molecule is C=C(C)C1CCC(C)C(C(C)CO)C1. The highest BCUT2D eigenvalue weighted by atomic mass is 16.3. The summed E-state index contributed by atoms with van der Waals surface area (Å²) in [6, 6.07) is 0. The molecule has 4 atom stereocenters. The Morgan fingerprint density at radius 2 is 2.14 bits per heavy atom. The summed E-state index contributed by atoms with van der Waals surface area (Å²) in [4.78, 5) is 0. The maximum atomic E-state index is 9.21. The molecule has 1 nitrogen and oxygen atoms in total. The van der Waals surface area contributed by atoms with Crippen molar-refractivity contribution in [1.82, 2.24) is 0 Å². The zero-order valence-corrected chi connectivity index (χ0v) is 9.79. The van der Waals surface area contributed by atoms with Crippen LogP contribution in [0.15, 0.2) is 12.2 Å². The van der Waals surface area contributed by atoms with Gasteiger partial charge in [-0.15, -0.1) is 0 Å². The van der Waals surface area contributed by atoms with Crippen molar-refractivity contribution >= 4 is 0 Å². The van der Waals surface area contributed by atoms with Gasteiger partial charge in [-0.05, 0) is 49.9 Å². The Kier molecular flexibility index (Phi) is 4.18. The van der Waals surface area contributed by atoms with Gasteiger partial charge in [0.1, 0.15) is 0 Å². The summed E-state index contributed by atoms with van der Waals surface area (Å²) in [6.45, 7) is 11.0. The molecule has 1 rings (SSSR count). The predicted octanol–water partition coefficient (Wildman–Crippen LogP) is 3.24. The standard InChI is InChI=1S/C13H24O/c1-9(2)12-6-5-10(3)13(7-12)11(4)8-14/h10-14H,1,5-8H2,2-4H3. The van der Waals surface area contributed by atoms with Gasteiger partial charge in [0.15, 0.2) is 0 Å². The fourth-order valence-corrected chi connectivity index (χ4v) is 2.73. The predicted molar refractivity (Wildman–Crippen MR) is 61.1 cm³/mol. The maximum Gasteiger partial charge on any atom is 0.0459 e. The van der Waals surface area contributed by atoms with E-state index in [2.05, 4.69) is 27.4 Å². The van der Waals surface area contributed by atoms with Crippen molar-refractivity contribution in [1.29, 1.82) is 0 Å². The van der Waals surface area contributed by atoms with Crippen molar-refractivity contribution in [2.75, 3.05) is 6.61 Å². The van der Waals surface area contributed by atoms with Crippen LogP contribution in [0.4, 0.5) is 0 Å². The molecule has 1 aliphatic carbocycles. The molecule has 14 heavy (non-hydrogen) atoms. The molecule has 0 bridgehead atoms. The van der Waals surface area contributed by atoms with Crippen molar-refractivity contribution in [3.8, 4) is 0 Å². The van der Waals surface area contributed by atoms with Crippen LogP contribution in [0, 0.1) is 23.7 Å². The monoisotopic (exact) mass is 196 g/mol. The Balaban J connectivity index is 2.59. The van der Waals surface area contributed by atoms with E-state index in [0.717, 1.165) is 5.92 Å². The van der Waals surface area contributed by atoms with Crippen LogP contribution in [-0.4, -0.2) is 11.7 Å². The smallest absolute Gasteiger partial charge is 0.0459 e. The number of allylic oxidation sites excluding steroid dienone is 1. The lowest BCUT2D eigenvalue weighted by atomic mass is 9.68. The van der Waals surface area contributed by atoms with Crippen LogP contribution >= 0.6 is 0 Å². The number of aliphatic hydroxyl groups is 1. The topological polar surface area (TPSA) is 20.2 Å². The van der Waals surface area contributed by atoms with Gasteiger partial charge >= 0.3 is 0 Å². The largest absolute Gasteiger partial charge is 0.396 e. The normalized spacial score (nSPS) is 35.3. The molecule has 1 fully saturated rings. The highest BCUT2D eigenvalue weighted by Crippen LogP contribution is 2.40. The second-order valence-corrected chi connectivity index (χ2v) is 5.16. The van der Waals surface area contributed by atoms with Crippen molar-refractivity contribution in [2.45, 2.75) is 40.0 Å². The van der Waals surface area contributed by atoms with Crippen molar-refractivity contribution in [3.05, 3.63) is 12.2 Å². The van der Waals surface area contributed by atoms with Gasteiger partial charge in [-0.25, -0.2) is 0 Å². The third kappa shape index (κ3) is 2.60. The van der Waals surface area contributed by atoms with Gasteiger partial charge in [0.05, 0.1) is 0 Å². The molecule has 4 unspecified atom stereocenters. The second kappa shape index (κ2) is 4.97. The number of rotatable bonds is 3. The molecule has 0 radical (unpaired) electrons. The molecule has 0 spiro atoms. The molecule has 0 aromatic rings. The quantitative estimate of drug-likeness (QED) is 0.687.